The second-order valence-electron chi connectivity index (χ2n) is 7.09. The number of amides is 1. The molecule has 3 rings (SSSR count). The lowest BCUT2D eigenvalue weighted by Gasteiger charge is -2.27. The third kappa shape index (κ3) is 3.64. The fraction of sp³-hybridized carbons (Fsp3) is 0.556. The predicted molar refractivity (Wildman–Crippen MR) is 106 cm³/mol. The van der Waals surface area contributed by atoms with Crippen LogP contribution in [0.5, 0.6) is 0 Å². The van der Waals surface area contributed by atoms with Gasteiger partial charge >= 0.3 is 0 Å². The highest BCUT2D eigenvalue weighted by molar-refractivity contribution is 7.99. The van der Waals surface area contributed by atoms with E-state index in [1.54, 1.807) is 18.3 Å². The molecule has 0 aromatic carbocycles. The number of thioether (sulfide) groups is 1. The van der Waals surface area contributed by atoms with Crippen LogP contribution in [0.2, 0.25) is 0 Å². The molecule has 1 atom stereocenters. The van der Waals surface area contributed by atoms with Crippen molar-refractivity contribution in [3.8, 4) is 6.07 Å². The maximum absolute atomic E-state index is 12.2. The number of hydrogen-bond acceptors (Lipinski definition) is 7. The minimum absolute atomic E-state index is 0.0159. The van der Waals surface area contributed by atoms with E-state index in [9.17, 15) is 10.1 Å². The van der Waals surface area contributed by atoms with Crippen molar-refractivity contribution in [1.29, 1.82) is 5.26 Å². The molecule has 0 radical (unpaired) electrons. The van der Waals surface area contributed by atoms with Gasteiger partial charge in [-0.25, -0.2) is 9.97 Å². The summed E-state index contributed by atoms with van der Waals surface area (Å²) < 4.78 is 0. The number of aryl methyl sites for hydroxylation is 2. The molecule has 0 aliphatic heterocycles. The van der Waals surface area contributed by atoms with Crippen molar-refractivity contribution in [2.75, 3.05) is 11.5 Å². The summed E-state index contributed by atoms with van der Waals surface area (Å²) in [6, 6.07) is 2.18. The van der Waals surface area contributed by atoms with Gasteiger partial charge in [-0.05, 0) is 44.1 Å². The van der Waals surface area contributed by atoms with Crippen LogP contribution in [0.25, 0.3) is 10.2 Å². The number of fused-ring (bicyclic) bond motifs is 3. The third-order valence-electron chi connectivity index (χ3n) is 4.94. The van der Waals surface area contributed by atoms with E-state index >= 15 is 0 Å². The van der Waals surface area contributed by atoms with E-state index < -0.39 is 5.54 Å². The molecule has 6 nitrogen and oxygen atoms in total. The van der Waals surface area contributed by atoms with Gasteiger partial charge in [0.1, 0.15) is 16.2 Å². The highest BCUT2D eigenvalue weighted by atomic mass is 32.2. The van der Waals surface area contributed by atoms with Crippen molar-refractivity contribution >= 4 is 45.0 Å². The average molecular weight is 390 g/mol. The first kappa shape index (κ1) is 18.9. The van der Waals surface area contributed by atoms with E-state index in [1.165, 1.54) is 35.0 Å². The Hall–Kier alpha value is -1.85. The van der Waals surface area contributed by atoms with Gasteiger partial charge in [-0.15, -0.1) is 11.3 Å². The van der Waals surface area contributed by atoms with E-state index in [1.807, 2.05) is 13.8 Å². The van der Waals surface area contributed by atoms with Crippen LogP contribution < -0.4 is 11.1 Å². The number of nitrogens with one attached hydrogen (secondary N) is 1. The van der Waals surface area contributed by atoms with Crippen molar-refractivity contribution in [3.05, 3.63) is 10.4 Å². The van der Waals surface area contributed by atoms with Crippen molar-refractivity contribution in [3.63, 3.8) is 0 Å². The highest BCUT2D eigenvalue weighted by Crippen LogP contribution is 2.38. The SMILES string of the molecule is CC(C)[C@](C)(C#N)NC(=O)CSc1nc(N)c2c3c(sc2n1)CCCC3. The monoisotopic (exact) mass is 389 g/mol. The molecule has 2 aromatic heterocycles. The Morgan fingerprint density at radius 3 is 2.85 bits per heavy atom. The summed E-state index contributed by atoms with van der Waals surface area (Å²) in [5.74, 6) is 0.462. The minimum atomic E-state index is -0.881. The zero-order valence-electron chi connectivity index (χ0n) is 15.3. The van der Waals surface area contributed by atoms with Crippen LogP contribution in [0.4, 0.5) is 5.82 Å². The summed E-state index contributed by atoms with van der Waals surface area (Å²) in [5, 5.41) is 13.6. The van der Waals surface area contributed by atoms with Crippen LogP contribution in [0.1, 0.15) is 44.1 Å². The summed E-state index contributed by atoms with van der Waals surface area (Å²) >= 11 is 2.94. The summed E-state index contributed by atoms with van der Waals surface area (Å²) in [6.45, 7) is 5.55. The molecule has 138 valence electrons. The zero-order chi connectivity index (χ0) is 18.9. The molecule has 0 saturated carbocycles. The summed E-state index contributed by atoms with van der Waals surface area (Å²) in [6.07, 6.45) is 4.52. The number of hydrogen-bond donors (Lipinski definition) is 2. The summed E-state index contributed by atoms with van der Waals surface area (Å²) in [4.78, 5) is 23.5. The van der Waals surface area contributed by atoms with Crippen LogP contribution in [-0.4, -0.2) is 27.2 Å². The lowest BCUT2D eigenvalue weighted by molar-refractivity contribution is -0.120. The largest absolute Gasteiger partial charge is 0.383 e. The number of nitrogens with zero attached hydrogens (tertiary/aromatic N) is 3. The predicted octanol–water partition coefficient (Wildman–Crippen LogP) is 3.30. The lowest BCUT2D eigenvalue weighted by atomic mass is 9.90. The maximum atomic E-state index is 12.2. The van der Waals surface area contributed by atoms with E-state index in [2.05, 4.69) is 21.4 Å². The van der Waals surface area contributed by atoms with Crippen LogP contribution in [0.3, 0.4) is 0 Å². The second kappa shape index (κ2) is 7.41. The molecule has 0 spiro atoms. The maximum Gasteiger partial charge on any atom is 0.231 e. The van der Waals surface area contributed by atoms with Crippen LogP contribution >= 0.6 is 23.1 Å². The fourth-order valence-electron chi connectivity index (χ4n) is 2.99. The number of nitrogen functional groups attached to an aromatic ring is 1. The Kier molecular flexibility index (Phi) is 5.39. The Morgan fingerprint density at radius 1 is 1.42 bits per heavy atom. The number of nitrogens with two attached hydrogens (primary N) is 1. The number of rotatable bonds is 5. The lowest BCUT2D eigenvalue weighted by Crippen LogP contribution is -2.49. The molecule has 8 heteroatoms. The van der Waals surface area contributed by atoms with E-state index in [-0.39, 0.29) is 17.6 Å². The smallest absolute Gasteiger partial charge is 0.231 e. The first-order valence-corrected chi connectivity index (χ1v) is 10.6. The first-order chi connectivity index (χ1) is 12.3. The van der Waals surface area contributed by atoms with Gasteiger partial charge in [0, 0.05) is 4.88 Å². The van der Waals surface area contributed by atoms with Crippen molar-refractivity contribution in [2.45, 2.75) is 57.1 Å². The number of anilines is 1. The minimum Gasteiger partial charge on any atom is -0.383 e. The molecule has 1 aliphatic rings. The van der Waals surface area contributed by atoms with Crippen LogP contribution in [0.15, 0.2) is 5.16 Å². The first-order valence-electron chi connectivity index (χ1n) is 8.77. The topological polar surface area (TPSA) is 105 Å². The Bertz CT molecular complexity index is 886. The third-order valence-corrected chi connectivity index (χ3v) is 6.97. The van der Waals surface area contributed by atoms with Crippen molar-refractivity contribution < 1.29 is 4.79 Å². The van der Waals surface area contributed by atoms with Crippen molar-refractivity contribution in [1.82, 2.24) is 15.3 Å². The van der Waals surface area contributed by atoms with Gasteiger partial charge in [0.25, 0.3) is 0 Å². The van der Waals surface area contributed by atoms with Gasteiger partial charge in [0.15, 0.2) is 5.16 Å². The van der Waals surface area contributed by atoms with Gasteiger partial charge in [-0.3, -0.25) is 4.79 Å². The van der Waals surface area contributed by atoms with E-state index in [4.69, 9.17) is 5.73 Å². The van der Waals surface area contributed by atoms with E-state index in [0.29, 0.717) is 11.0 Å². The van der Waals surface area contributed by atoms with Gasteiger partial charge in [-0.1, -0.05) is 25.6 Å². The molecule has 2 heterocycles. The molecule has 1 aliphatic carbocycles. The molecule has 3 N–H and O–H groups in total. The van der Waals surface area contributed by atoms with Crippen LogP contribution in [0, 0.1) is 17.2 Å². The highest BCUT2D eigenvalue weighted by Gasteiger charge is 2.30. The molecule has 26 heavy (non-hydrogen) atoms. The van der Waals surface area contributed by atoms with Gasteiger partial charge < -0.3 is 11.1 Å². The van der Waals surface area contributed by atoms with Crippen molar-refractivity contribution in [2.24, 2.45) is 5.92 Å². The summed E-state index contributed by atoms with van der Waals surface area (Å²) in [7, 11) is 0. The Labute approximate surface area is 161 Å². The zero-order valence-corrected chi connectivity index (χ0v) is 16.9. The normalized spacial score (nSPS) is 16.1. The number of aromatic nitrogens is 2. The van der Waals surface area contributed by atoms with Gasteiger partial charge in [0.05, 0.1) is 17.2 Å². The molecule has 0 bridgehead atoms. The van der Waals surface area contributed by atoms with Gasteiger partial charge in [0.2, 0.25) is 5.91 Å². The quantitative estimate of drug-likeness (QED) is 0.600. The molecular formula is C18H23N5OS2. The number of nitriles is 1. The molecule has 2 aromatic rings. The number of carbonyl (C=O) groups is 1. The molecule has 0 unspecified atom stereocenters. The molecular weight excluding hydrogens is 366 g/mol. The Morgan fingerprint density at radius 2 is 2.15 bits per heavy atom. The van der Waals surface area contributed by atoms with E-state index in [0.717, 1.165) is 23.1 Å². The number of thiophene rings is 1. The Balaban J connectivity index is 1.74. The molecule has 1 amide bonds. The standard InChI is InChI=1S/C18H23N5OS2/c1-10(2)18(3,9-19)23-13(24)8-25-17-21-15(20)14-11-6-4-5-7-12(11)26-16(14)22-17/h10H,4-8H2,1-3H3,(H,23,24)(H2,20,21,22)/t18-/m0/s1. The molecule has 0 saturated heterocycles. The second-order valence-corrected chi connectivity index (χ2v) is 9.11. The molecule has 0 fully saturated rings. The average Bonchev–Trinajstić information content (AvgIpc) is 2.98. The number of carbonyl (C=O) groups excluding carboxylic acids is 1. The summed E-state index contributed by atoms with van der Waals surface area (Å²) in [5.41, 5.74) is 6.62. The van der Waals surface area contributed by atoms with Gasteiger partial charge in [-0.2, -0.15) is 5.26 Å². The van der Waals surface area contributed by atoms with Crippen LogP contribution in [-0.2, 0) is 17.6 Å². The fourth-order valence-corrected chi connectivity index (χ4v) is 4.96.